The Morgan fingerprint density at radius 1 is 1.33 bits per heavy atom. The summed E-state index contributed by atoms with van der Waals surface area (Å²) in [5, 5.41) is 6.15. The Morgan fingerprint density at radius 2 is 2.07 bits per heavy atom. The molecule has 0 saturated carbocycles. The smallest absolute Gasteiger partial charge is 0.251 e. The predicted octanol–water partition coefficient (Wildman–Crippen LogP) is 1.43. The zero-order valence-electron chi connectivity index (χ0n) is 9.13. The lowest BCUT2D eigenvalue weighted by molar-refractivity contribution is 0.0943. The van der Waals surface area contributed by atoms with Gasteiger partial charge in [0.05, 0.1) is 0 Å². The van der Waals surface area contributed by atoms with Crippen molar-refractivity contribution >= 4 is 5.91 Å². The highest BCUT2D eigenvalue weighted by Crippen LogP contribution is 2.16. The molecule has 0 fully saturated rings. The van der Waals surface area contributed by atoms with Crippen molar-refractivity contribution in [1.29, 1.82) is 0 Å². The number of fused-ring (bicyclic) bond motifs is 1. The van der Waals surface area contributed by atoms with E-state index < -0.39 is 0 Å². The molecule has 1 aromatic carbocycles. The molecule has 1 aliphatic heterocycles. The number of rotatable bonds is 2. The van der Waals surface area contributed by atoms with Crippen molar-refractivity contribution in [3.8, 4) is 0 Å². The molecule has 15 heavy (non-hydrogen) atoms. The van der Waals surface area contributed by atoms with Gasteiger partial charge in [0.25, 0.3) is 5.91 Å². The van der Waals surface area contributed by atoms with Crippen molar-refractivity contribution in [2.45, 2.75) is 33.0 Å². The van der Waals surface area contributed by atoms with Gasteiger partial charge in [-0.25, -0.2) is 0 Å². The van der Waals surface area contributed by atoms with Crippen LogP contribution in [0.5, 0.6) is 0 Å². The van der Waals surface area contributed by atoms with Gasteiger partial charge in [0.2, 0.25) is 0 Å². The van der Waals surface area contributed by atoms with E-state index in [2.05, 4.69) is 10.6 Å². The fraction of sp³-hybridized carbons (Fsp3) is 0.417. The number of benzene rings is 1. The van der Waals surface area contributed by atoms with Gasteiger partial charge >= 0.3 is 0 Å². The van der Waals surface area contributed by atoms with Crippen LogP contribution in [-0.4, -0.2) is 11.9 Å². The Bertz CT molecular complexity index is 385. The Balaban J connectivity index is 2.19. The fourth-order valence-corrected chi connectivity index (χ4v) is 1.78. The minimum absolute atomic E-state index is 0.0136. The van der Waals surface area contributed by atoms with Crippen LogP contribution in [0.25, 0.3) is 0 Å². The Hall–Kier alpha value is -1.35. The lowest BCUT2D eigenvalue weighted by atomic mass is 10.1. The van der Waals surface area contributed by atoms with E-state index in [0.29, 0.717) is 0 Å². The van der Waals surface area contributed by atoms with Crippen molar-refractivity contribution in [2.75, 3.05) is 0 Å². The molecule has 3 nitrogen and oxygen atoms in total. The molecule has 0 saturated heterocycles. The van der Waals surface area contributed by atoms with Crippen molar-refractivity contribution in [2.24, 2.45) is 0 Å². The molecule has 2 N–H and O–H groups in total. The van der Waals surface area contributed by atoms with Crippen LogP contribution in [-0.2, 0) is 13.1 Å². The van der Waals surface area contributed by atoms with Gasteiger partial charge in [0, 0.05) is 24.7 Å². The minimum atomic E-state index is 0.0136. The van der Waals surface area contributed by atoms with Gasteiger partial charge in [-0.05, 0) is 37.1 Å². The molecule has 0 radical (unpaired) electrons. The van der Waals surface area contributed by atoms with E-state index >= 15 is 0 Å². The molecule has 80 valence electrons. The van der Waals surface area contributed by atoms with E-state index in [0.717, 1.165) is 18.7 Å². The Kier molecular flexibility index (Phi) is 2.73. The van der Waals surface area contributed by atoms with Gasteiger partial charge in [-0.2, -0.15) is 0 Å². The summed E-state index contributed by atoms with van der Waals surface area (Å²) in [6.45, 7) is 5.72. The Labute approximate surface area is 89.9 Å². The number of carbonyl (C=O) groups excluding carboxylic acids is 1. The summed E-state index contributed by atoms with van der Waals surface area (Å²) < 4.78 is 0. The first-order valence-corrected chi connectivity index (χ1v) is 5.30. The van der Waals surface area contributed by atoms with Crippen LogP contribution in [0, 0.1) is 0 Å². The van der Waals surface area contributed by atoms with Crippen LogP contribution in [0.2, 0.25) is 0 Å². The van der Waals surface area contributed by atoms with E-state index in [9.17, 15) is 4.79 Å². The molecule has 0 spiro atoms. The van der Waals surface area contributed by atoms with Crippen LogP contribution in [0.4, 0.5) is 0 Å². The van der Waals surface area contributed by atoms with Gasteiger partial charge in [-0.1, -0.05) is 6.07 Å². The van der Waals surface area contributed by atoms with Gasteiger partial charge in [-0.3, -0.25) is 4.79 Å². The molecule has 1 aromatic rings. The zero-order chi connectivity index (χ0) is 10.8. The third-order valence-electron chi connectivity index (χ3n) is 2.52. The van der Waals surface area contributed by atoms with Crippen LogP contribution in [0.1, 0.15) is 35.3 Å². The highest BCUT2D eigenvalue weighted by molar-refractivity contribution is 5.94. The largest absolute Gasteiger partial charge is 0.350 e. The monoisotopic (exact) mass is 204 g/mol. The maximum Gasteiger partial charge on any atom is 0.251 e. The van der Waals surface area contributed by atoms with Crippen molar-refractivity contribution < 1.29 is 4.79 Å². The van der Waals surface area contributed by atoms with Gasteiger partial charge < -0.3 is 10.6 Å². The van der Waals surface area contributed by atoms with E-state index in [-0.39, 0.29) is 11.9 Å². The molecule has 3 heteroatoms. The number of hydrogen-bond acceptors (Lipinski definition) is 2. The summed E-state index contributed by atoms with van der Waals surface area (Å²) in [6, 6.07) is 6.09. The standard InChI is InChI=1S/C12H16N2O/c1-8(2)14-12(15)9-3-4-10-6-13-7-11(10)5-9/h3-5,8,13H,6-7H2,1-2H3,(H,14,15). The summed E-state index contributed by atoms with van der Waals surface area (Å²) in [4.78, 5) is 11.7. The second-order valence-corrected chi connectivity index (χ2v) is 4.22. The highest BCUT2D eigenvalue weighted by atomic mass is 16.1. The lowest BCUT2D eigenvalue weighted by Gasteiger charge is -2.09. The summed E-state index contributed by atoms with van der Waals surface area (Å²) in [7, 11) is 0. The average molecular weight is 204 g/mol. The molecule has 1 amide bonds. The van der Waals surface area contributed by atoms with Crippen LogP contribution < -0.4 is 10.6 Å². The topological polar surface area (TPSA) is 41.1 Å². The fourth-order valence-electron chi connectivity index (χ4n) is 1.78. The predicted molar refractivity (Wildman–Crippen MR) is 59.6 cm³/mol. The second kappa shape index (κ2) is 4.03. The molecule has 0 aromatic heterocycles. The Morgan fingerprint density at radius 3 is 2.80 bits per heavy atom. The maximum atomic E-state index is 11.7. The van der Waals surface area contributed by atoms with Crippen molar-refractivity contribution in [3.05, 3.63) is 34.9 Å². The number of carbonyl (C=O) groups is 1. The summed E-state index contributed by atoms with van der Waals surface area (Å²) >= 11 is 0. The van der Waals surface area contributed by atoms with Gasteiger partial charge in [0.15, 0.2) is 0 Å². The number of amides is 1. The first kappa shape index (κ1) is 10.2. The average Bonchev–Trinajstić information content (AvgIpc) is 2.62. The van der Waals surface area contributed by atoms with Crippen LogP contribution in [0.3, 0.4) is 0 Å². The molecule has 0 bridgehead atoms. The van der Waals surface area contributed by atoms with Crippen molar-refractivity contribution in [3.63, 3.8) is 0 Å². The molecule has 1 aliphatic rings. The molecular weight excluding hydrogens is 188 g/mol. The first-order valence-electron chi connectivity index (χ1n) is 5.30. The third-order valence-corrected chi connectivity index (χ3v) is 2.52. The van der Waals surface area contributed by atoms with E-state index in [1.807, 2.05) is 32.0 Å². The molecule has 2 rings (SSSR count). The molecule has 1 heterocycles. The van der Waals surface area contributed by atoms with Gasteiger partial charge in [0.1, 0.15) is 0 Å². The van der Waals surface area contributed by atoms with Gasteiger partial charge in [-0.15, -0.1) is 0 Å². The second-order valence-electron chi connectivity index (χ2n) is 4.22. The van der Waals surface area contributed by atoms with E-state index in [1.54, 1.807) is 0 Å². The molecule has 0 aliphatic carbocycles. The maximum absolute atomic E-state index is 11.7. The molecular formula is C12H16N2O. The minimum Gasteiger partial charge on any atom is -0.350 e. The molecule has 0 atom stereocenters. The zero-order valence-corrected chi connectivity index (χ0v) is 9.13. The highest BCUT2D eigenvalue weighted by Gasteiger charge is 2.13. The quantitative estimate of drug-likeness (QED) is 0.765. The summed E-state index contributed by atoms with van der Waals surface area (Å²) in [5.74, 6) is 0.0136. The molecule has 0 unspecified atom stereocenters. The SMILES string of the molecule is CC(C)NC(=O)c1ccc2c(c1)CNC2. The van der Waals surface area contributed by atoms with Crippen LogP contribution >= 0.6 is 0 Å². The van der Waals surface area contributed by atoms with E-state index in [4.69, 9.17) is 0 Å². The lowest BCUT2D eigenvalue weighted by Crippen LogP contribution is -2.30. The first-order chi connectivity index (χ1) is 7.16. The normalized spacial score (nSPS) is 14.1. The van der Waals surface area contributed by atoms with Crippen LogP contribution in [0.15, 0.2) is 18.2 Å². The summed E-state index contributed by atoms with van der Waals surface area (Å²) in [5.41, 5.74) is 3.30. The summed E-state index contributed by atoms with van der Waals surface area (Å²) in [6.07, 6.45) is 0. The number of hydrogen-bond donors (Lipinski definition) is 2. The number of nitrogens with one attached hydrogen (secondary N) is 2. The third kappa shape index (κ3) is 2.18. The van der Waals surface area contributed by atoms with Crippen molar-refractivity contribution in [1.82, 2.24) is 10.6 Å². The van der Waals surface area contributed by atoms with E-state index in [1.165, 1.54) is 11.1 Å².